The molecule has 0 aliphatic carbocycles. The van der Waals surface area contributed by atoms with Crippen molar-refractivity contribution in [3.05, 3.63) is 22.3 Å². The number of rotatable bonds is 2. The molecule has 0 spiro atoms. The first kappa shape index (κ1) is 11.9. The average Bonchev–Trinajstić information content (AvgIpc) is 2.33. The number of halogens is 1. The molecular formula is C12H17BrN2O. The lowest BCUT2D eigenvalue weighted by Crippen LogP contribution is -2.39. The molecule has 1 fully saturated rings. The van der Waals surface area contributed by atoms with E-state index in [1.807, 2.05) is 12.3 Å². The second-order valence-corrected chi connectivity index (χ2v) is 5.00. The summed E-state index contributed by atoms with van der Waals surface area (Å²) in [7, 11) is 1.78. The predicted molar refractivity (Wildman–Crippen MR) is 68.9 cm³/mol. The van der Waals surface area contributed by atoms with Gasteiger partial charge < -0.3 is 9.64 Å². The standard InChI is InChI=1S/C12H17BrN2O/c1-9-5-6-14-12(11(9)13)15-7-3-4-10(8-15)16-2/h5-6,10H,3-4,7-8H2,1-2H3. The first-order valence-electron chi connectivity index (χ1n) is 5.61. The van der Waals surface area contributed by atoms with Gasteiger partial charge in [0, 0.05) is 26.4 Å². The molecule has 0 amide bonds. The van der Waals surface area contributed by atoms with Crippen LogP contribution in [-0.4, -0.2) is 31.3 Å². The second kappa shape index (κ2) is 5.15. The topological polar surface area (TPSA) is 25.4 Å². The number of methoxy groups -OCH3 is 1. The van der Waals surface area contributed by atoms with Crippen molar-refractivity contribution in [1.29, 1.82) is 0 Å². The number of ether oxygens (including phenoxy) is 1. The highest BCUT2D eigenvalue weighted by Crippen LogP contribution is 2.29. The van der Waals surface area contributed by atoms with Gasteiger partial charge in [-0.2, -0.15) is 0 Å². The highest BCUT2D eigenvalue weighted by atomic mass is 79.9. The number of nitrogens with zero attached hydrogens (tertiary/aromatic N) is 2. The Hall–Kier alpha value is -0.610. The molecule has 0 N–H and O–H groups in total. The first-order valence-corrected chi connectivity index (χ1v) is 6.40. The molecule has 4 heteroatoms. The van der Waals surface area contributed by atoms with Gasteiger partial charge in [-0.15, -0.1) is 0 Å². The number of pyridine rings is 1. The first-order chi connectivity index (χ1) is 7.72. The van der Waals surface area contributed by atoms with E-state index in [9.17, 15) is 0 Å². The number of piperidine rings is 1. The lowest BCUT2D eigenvalue weighted by atomic mass is 10.1. The van der Waals surface area contributed by atoms with E-state index in [-0.39, 0.29) is 0 Å². The summed E-state index contributed by atoms with van der Waals surface area (Å²) < 4.78 is 6.53. The van der Waals surface area contributed by atoms with Crippen molar-refractivity contribution in [2.45, 2.75) is 25.9 Å². The van der Waals surface area contributed by atoms with Gasteiger partial charge in [0.15, 0.2) is 0 Å². The SMILES string of the molecule is COC1CCCN(c2nccc(C)c2Br)C1. The molecule has 0 saturated carbocycles. The third-order valence-corrected chi connectivity index (χ3v) is 4.05. The Labute approximate surface area is 105 Å². The molecule has 88 valence electrons. The van der Waals surface area contributed by atoms with E-state index in [0.717, 1.165) is 29.8 Å². The van der Waals surface area contributed by atoms with Crippen LogP contribution in [-0.2, 0) is 4.74 Å². The molecule has 1 aliphatic rings. The summed E-state index contributed by atoms with van der Waals surface area (Å²) in [5, 5.41) is 0. The van der Waals surface area contributed by atoms with Crippen molar-refractivity contribution in [1.82, 2.24) is 4.98 Å². The zero-order chi connectivity index (χ0) is 11.5. The fourth-order valence-electron chi connectivity index (χ4n) is 2.07. The predicted octanol–water partition coefficient (Wildman–Crippen LogP) is 2.77. The summed E-state index contributed by atoms with van der Waals surface area (Å²) in [6, 6.07) is 2.02. The lowest BCUT2D eigenvalue weighted by Gasteiger charge is -2.33. The fraction of sp³-hybridized carbons (Fsp3) is 0.583. The second-order valence-electron chi connectivity index (χ2n) is 4.21. The van der Waals surface area contributed by atoms with Crippen LogP contribution in [0.5, 0.6) is 0 Å². The van der Waals surface area contributed by atoms with Crippen molar-refractivity contribution in [2.24, 2.45) is 0 Å². The molecule has 3 nitrogen and oxygen atoms in total. The summed E-state index contributed by atoms with van der Waals surface area (Å²) >= 11 is 3.61. The molecule has 1 aromatic rings. The Morgan fingerprint density at radius 1 is 1.56 bits per heavy atom. The largest absolute Gasteiger partial charge is 0.380 e. The van der Waals surface area contributed by atoms with Crippen molar-refractivity contribution in [2.75, 3.05) is 25.1 Å². The lowest BCUT2D eigenvalue weighted by molar-refractivity contribution is 0.0891. The molecule has 1 aliphatic heterocycles. The van der Waals surface area contributed by atoms with Crippen molar-refractivity contribution in [3.63, 3.8) is 0 Å². The Kier molecular flexibility index (Phi) is 3.82. The monoisotopic (exact) mass is 284 g/mol. The fourth-order valence-corrected chi connectivity index (χ4v) is 2.55. The number of hydrogen-bond donors (Lipinski definition) is 0. The molecule has 2 rings (SSSR count). The minimum atomic E-state index is 0.336. The maximum Gasteiger partial charge on any atom is 0.143 e. The maximum atomic E-state index is 5.43. The van der Waals surface area contributed by atoms with Gasteiger partial charge in [-0.3, -0.25) is 0 Å². The van der Waals surface area contributed by atoms with E-state index in [2.05, 4.69) is 32.7 Å². The van der Waals surface area contributed by atoms with Gasteiger partial charge in [0.05, 0.1) is 10.6 Å². The van der Waals surface area contributed by atoms with Crippen LogP contribution in [0.25, 0.3) is 0 Å². The smallest absolute Gasteiger partial charge is 0.143 e. The minimum absolute atomic E-state index is 0.336. The molecule has 0 bridgehead atoms. The normalized spacial score (nSPS) is 21.2. The molecule has 1 aromatic heterocycles. The summed E-state index contributed by atoms with van der Waals surface area (Å²) in [6.45, 7) is 4.09. The molecule has 2 heterocycles. The summed E-state index contributed by atoms with van der Waals surface area (Å²) in [5.41, 5.74) is 1.23. The van der Waals surface area contributed by atoms with Crippen molar-refractivity contribution in [3.8, 4) is 0 Å². The van der Waals surface area contributed by atoms with E-state index >= 15 is 0 Å². The van der Waals surface area contributed by atoms with Crippen LogP contribution in [0.2, 0.25) is 0 Å². The molecule has 0 radical (unpaired) electrons. The number of aryl methyl sites for hydroxylation is 1. The van der Waals surface area contributed by atoms with Gasteiger partial charge in [-0.1, -0.05) is 0 Å². The number of aromatic nitrogens is 1. The minimum Gasteiger partial charge on any atom is -0.380 e. The Balaban J connectivity index is 2.20. The summed E-state index contributed by atoms with van der Waals surface area (Å²) in [4.78, 5) is 6.76. The third-order valence-electron chi connectivity index (χ3n) is 3.07. The van der Waals surface area contributed by atoms with Crippen LogP contribution in [0.15, 0.2) is 16.7 Å². The summed E-state index contributed by atoms with van der Waals surface area (Å²) in [5.74, 6) is 1.04. The van der Waals surface area contributed by atoms with Crippen LogP contribution in [0, 0.1) is 6.92 Å². The molecule has 1 atom stereocenters. The highest BCUT2D eigenvalue weighted by Gasteiger charge is 2.22. The van der Waals surface area contributed by atoms with E-state index < -0.39 is 0 Å². The van der Waals surface area contributed by atoms with Gasteiger partial charge in [0.25, 0.3) is 0 Å². The van der Waals surface area contributed by atoms with Crippen LogP contribution < -0.4 is 4.90 Å². The van der Waals surface area contributed by atoms with Gasteiger partial charge >= 0.3 is 0 Å². The van der Waals surface area contributed by atoms with E-state index in [1.54, 1.807) is 7.11 Å². The van der Waals surface area contributed by atoms with Gasteiger partial charge in [0.1, 0.15) is 5.82 Å². The molecule has 1 unspecified atom stereocenters. The third kappa shape index (κ3) is 2.38. The number of hydrogen-bond acceptors (Lipinski definition) is 3. The van der Waals surface area contributed by atoms with Gasteiger partial charge in [0.2, 0.25) is 0 Å². The van der Waals surface area contributed by atoms with Crippen LogP contribution in [0.4, 0.5) is 5.82 Å². The van der Waals surface area contributed by atoms with E-state index in [0.29, 0.717) is 6.10 Å². The highest BCUT2D eigenvalue weighted by molar-refractivity contribution is 9.10. The Morgan fingerprint density at radius 3 is 3.12 bits per heavy atom. The summed E-state index contributed by atoms with van der Waals surface area (Å²) in [6.07, 6.45) is 4.52. The maximum absolute atomic E-state index is 5.43. The number of anilines is 1. The van der Waals surface area contributed by atoms with Crippen LogP contribution >= 0.6 is 15.9 Å². The van der Waals surface area contributed by atoms with Crippen molar-refractivity contribution < 1.29 is 4.74 Å². The molecule has 16 heavy (non-hydrogen) atoms. The van der Waals surface area contributed by atoms with Gasteiger partial charge in [-0.25, -0.2) is 4.98 Å². The van der Waals surface area contributed by atoms with Crippen LogP contribution in [0.3, 0.4) is 0 Å². The van der Waals surface area contributed by atoms with E-state index in [1.165, 1.54) is 12.0 Å². The van der Waals surface area contributed by atoms with Crippen molar-refractivity contribution >= 4 is 21.7 Å². The Morgan fingerprint density at radius 2 is 2.38 bits per heavy atom. The Bertz CT molecular complexity index is 370. The van der Waals surface area contributed by atoms with Gasteiger partial charge in [-0.05, 0) is 47.3 Å². The molecule has 0 aromatic carbocycles. The quantitative estimate of drug-likeness (QED) is 0.835. The molecule has 1 saturated heterocycles. The zero-order valence-corrected chi connectivity index (χ0v) is 11.3. The van der Waals surface area contributed by atoms with Crippen LogP contribution in [0.1, 0.15) is 18.4 Å². The molecular weight excluding hydrogens is 268 g/mol. The average molecular weight is 285 g/mol. The van der Waals surface area contributed by atoms with E-state index in [4.69, 9.17) is 4.74 Å². The zero-order valence-electron chi connectivity index (χ0n) is 9.74.